The van der Waals surface area contributed by atoms with E-state index in [0.717, 1.165) is 0 Å². The fraction of sp³-hybridized carbons (Fsp3) is 0.471. The van der Waals surface area contributed by atoms with Crippen molar-refractivity contribution in [1.29, 1.82) is 0 Å². The van der Waals surface area contributed by atoms with Gasteiger partial charge in [-0.2, -0.15) is 0 Å². The number of carbonyl (C=O) groups is 1. The number of benzene rings is 1. The van der Waals surface area contributed by atoms with Crippen LogP contribution in [0.1, 0.15) is 12.0 Å². The van der Waals surface area contributed by atoms with Crippen molar-refractivity contribution in [2.24, 2.45) is 0 Å². The smallest absolute Gasteiger partial charge is 0.246 e. The van der Waals surface area contributed by atoms with Crippen molar-refractivity contribution in [2.45, 2.75) is 12.5 Å². The molecule has 1 aromatic rings. The zero-order valence-corrected chi connectivity index (χ0v) is 14.2. The molecule has 1 unspecified atom stereocenters. The molecular weight excluding hydrogens is 331 g/mol. The lowest BCUT2D eigenvalue weighted by molar-refractivity contribution is -0.127. The minimum atomic E-state index is -2.88. The molecule has 2 heterocycles. The number of sulfone groups is 1. The normalized spacial score (nSPS) is 24.5. The van der Waals surface area contributed by atoms with E-state index in [9.17, 15) is 17.6 Å². The Bertz CT molecular complexity index is 740. The molecule has 2 aliphatic heterocycles. The van der Waals surface area contributed by atoms with Gasteiger partial charge in [0.25, 0.3) is 0 Å². The van der Waals surface area contributed by atoms with Crippen molar-refractivity contribution >= 4 is 21.8 Å². The monoisotopic (exact) mass is 352 g/mol. The van der Waals surface area contributed by atoms with Crippen LogP contribution in [0.3, 0.4) is 0 Å². The van der Waals surface area contributed by atoms with Gasteiger partial charge < -0.3 is 4.90 Å². The molecule has 2 aliphatic rings. The van der Waals surface area contributed by atoms with Gasteiger partial charge in [0.05, 0.1) is 11.5 Å². The molecule has 7 heteroatoms. The predicted octanol–water partition coefficient (Wildman–Crippen LogP) is 1.17. The van der Waals surface area contributed by atoms with Crippen LogP contribution >= 0.6 is 0 Å². The number of carbonyl (C=O) groups excluding carboxylic acids is 1. The van der Waals surface area contributed by atoms with Crippen LogP contribution in [0, 0.1) is 5.82 Å². The summed E-state index contributed by atoms with van der Waals surface area (Å²) < 4.78 is 36.3. The van der Waals surface area contributed by atoms with Crippen LogP contribution in [0.5, 0.6) is 0 Å². The van der Waals surface area contributed by atoms with Gasteiger partial charge in [0.15, 0.2) is 9.84 Å². The maximum absolute atomic E-state index is 13.1. The number of halogens is 1. The van der Waals surface area contributed by atoms with Gasteiger partial charge in [-0.05, 0) is 30.2 Å². The number of hydrogen-bond acceptors (Lipinski definition) is 4. The van der Waals surface area contributed by atoms with E-state index in [1.807, 2.05) is 0 Å². The SMILES string of the molecule is O=C(/C=C/c1cccc(F)c1)N1CCN(C2CCS(=O)(=O)C2)CC1. The standard InChI is InChI=1S/C17H21FN2O3S/c18-15-3-1-2-14(12-15)4-5-17(21)20-9-7-19(8-10-20)16-6-11-24(22,23)13-16/h1-5,12,16H,6-11,13H2/b5-4+. The van der Waals surface area contributed by atoms with E-state index in [-0.39, 0.29) is 29.3 Å². The summed E-state index contributed by atoms with van der Waals surface area (Å²) in [5, 5.41) is 0. The molecule has 24 heavy (non-hydrogen) atoms. The highest BCUT2D eigenvalue weighted by Crippen LogP contribution is 2.19. The van der Waals surface area contributed by atoms with Crippen LogP contribution in [0.4, 0.5) is 4.39 Å². The minimum absolute atomic E-state index is 0.0927. The summed E-state index contributed by atoms with van der Waals surface area (Å²) in [6, 6.07) is 6.18. The summed E-state index contributed by atoms with van der Waals surface area (Å²) >= 11 is 0. The van der Waals surface area contributed by atoms with Crippen LogP contribution in [0.2, 0.25) is 0 Å². The molecule has 2 saturated heterocycles. The van der Waals surface area contributed by atoms with Crippen molar-refractivity contribution in [1.82, 2.24) is 9.80 Å². The highest BCUT2D eigenvalue weighted by atomic mass is 32.2. The molecule has 2 fully saturated rings. The highest BCUT2D eigenvalue weighted by molar-refractivity contribution is 7.91. The molecule has 3 rings (SSSR count). The summed E-state index contributed by atoms with van der Waals surface area (Å²) in [7, 11) is -2.88. The second-order valence-electron chi connectivity index (χ2n) is 6.31. The molecule has 0 spiro atoms. The van der Waals surface area contributed by atoms with Crippen molar-refractivity contribution in [2.75, 3.05) is 37.7 Å². The van der Waals surface area contributed by atoms with E-state index in [0.29, 0.717) is 38.2 Å². The molecule has 0 aliphatic carbocycles. The van der Waals surface area contributed by atoms with E-state index in [1.54, 1.807) is 23.1 Å². The number of amides is 1. The van der Waals surface area contributed by atoms with Crippen molar-refractivity contribution < 1.29 is 17.6 Å². The van der Waals surface area contributed by atoms with E-state index >= 15 is 0 Å². The first-order valence-corrected chi connectivity index (χ1v) is 9.92. The average molecular weight is 352 g/mol. The molecule has 1 amide bonds. The van der Waals surface area contributed by atoms with Gasteiger partial charge in [-0.25, -0.2) is 12.8 Å². The second kappa shape index (κ2) is 7.03. The Labute approximate surface area is 141 Å². The lowest BCUT2D eigenvalue weighted by Crippen LogP contribution is -2.52. The number of nitrogens with zero attached hydrogens (tertiary/aromatic N) is 2. The van der Waals surface area contributed by atoms with Gasteiger partial charge >= 0.3 is 0 Å². The fourth-order valence-electron chi connectivity index (χ4n) is 3.25. The van der Waals surface area contributed by atoms with Gasteiger partial charge in [0.1, 0.15) is 5.82 Å². The summed E-state index contributed by atoms with van der Waals surface area (Å²) in [5.74, 6) is 0.0795. The van der Waals surface area contributed by atoms with Crippen molar-refractivity contribution in [3.05, 3.63) is 41.7 Å². The summed E-state index contributed by atoms with van der Waals surface area (Å²) in [6.45, 7) is 2.56. The van der Waals surface area contributed by atoms with Gasteiger partial charge in [0.2, 0.25) is 5.91 Å². The summed E-state index contributed by atoms with van der Waals surface area (Å²) in [4.78, 5) is 16.1. The highest BCUT2D eigenvalue weighted by Gasteiger charge is 2.34. The maximum Gasteiger partial charge on any atom is 0.246 e. The first-order chi connectivity index (χ1) is 11.4. The van der Waals surface area contributed by atoms with E-state index in [2.05, 4.69) is 4.90 Å². The quantitative estimate of drug-likeness (QED) is 0.767. The Kier molecular flexibility index (Phi) is 5.01. The molecule has 0 radical (unpaired) electrons. The van der Waals surface area contributed by atoms with Crippen LogP contribution in [-0.4, -0.2) is 67.9 Å². The second-order valence-corrected chi connectivity index (χ2v) is 8.54. The Morgan fingerprint density at radius 3 is 2.58 bits per heavy atom. The third-order valence-corrected chi connectivity index (χ3v) is 6.37. The number of hydrogen-bond donors (Lipinski definition) is 0. The molecule has 0 aromatic heterocycles. The molecule has 0 saturated carbocycles. The maximum atomic E-state index is 13.1. The molecule has 1 aromatic carbocycles. The van der Waals surface area contributed by atoms with Gasteiger partial charge in [-0.3, -0.25) is 9.69 Å². The minimum Gasteiger partial charge on any atom is -0.337 e. The summed E-state index contributed by atoms with van der Waals surface area (Å²) in [5.41, 5.74) is 0.651. The number of piperazine rings is 1. The van der Waals surface area contributed by atoms with Crippen LogP contribution in [0.15, 0.2) is 30.3 Å². The lowest BCUT2D eigenvalue weighted by Gasteiger charge is -2.37. The van der Waals surface area contributed by atoms with Crippen LogP contribution in [0.25, 0.3) is 6.08 Å². The zero-order valence-electron chi connectivity index (χ0n) is 13.4. The molecule has 0 bridgehead atoms. The van der Waals surface area contributed by atoms with Crippen LogP contribution < -0.4 is 0 Å². The Morgan fingerprint density at radius 1 is 1.21 bits per heavy atom. The Hall–Kier alpha value is -1.73. The topological polar surface area (TPSA) is 57.7 Å². The van der Waals surface area contributed by atoms with Crippen LogP contribution in [-0.2, 0) is 14.6 Å². The zero-order chi connectivity index (χ0) is 17.2. The molecule has 130 valence electrons. The lowest BCUT2D eigenvalue weighted by atomic mass is 10.2. The molecule has 1 atom stereocenters. The van der Waals surface area contributed by atoms with Gasteiger partial charge in [-0.1, -0.05) is 12.1 Å². The first-order valence-electron chi connectivity index (χ1n) is 8.10. The van der Waals surface area contributed by atoms with E-state index < -0.39 is 9.84 Å². The summed E-state index contributed by atoms with van der Waals surface area (Å²) in [6.07, 6.45) is 3.77. The molecule has 5 nitrogen and oxygen atoms in total. The molecular formula is C17H21FN2O3S. The van der Waals surface area contributed by atoms with Gasteiger partial charge in [0, 0.05) is 38.3 Å². The van der Waals surface area contributed by atoms with E-state index in [4.69, 9.17) is 0 Å². The fourth-order valence-corrected chi connectivity index (χ4v) is 5.02. The average Bonchev–Trinajstić information content (AvgIpc) is 2.93. The van der Waals surface area contributed by atoms with E-state index in [1.165, 1.54) is 18.2 Å². The van der Waals surface area contributed by atoms with Crippen molar-refractivity contribution in [3.63, 3.8) is 0 Å². The predicted molar refractivity (Wildman–Crippen MR) is 90.6 cm³/mol. The largest absolute Gasteiger partial charge is 0.337 e. The van der Waals surface area contributed by atoms with Crippen molar-refractivity contribution in [3.8, 4) is 0 Å². The Morgan fingerprint density at radius 2 is 1.96 bits per heavy atom. The van der Waals surface area contributed by atoms with Gasteiger partial charge in [-0.15, -0.1) is 0 Å². The number of rotatable bonds is 3. The molecule has 0 N–H and O–H groups in total. The third-order valence-electron chi connectivity index (χ3n) is 4.62. The Balaban J connectivity index is 1.52. The third kappa shape index (κ3) is 4.21. The first kappa shape index (κ1) is 17.1.